The highest BCUT2D eigenvalue weighted by Crippen LogP contribution is 2.18. The summed E-state index contributed by atoms with van der Waals surface area (Å²) in [6.45, 7) is 4.39. The largest absolute Gasteiger partial charge is 0.382 e. The van der Waals surface area contributed by atoms with Gasteiger partial charge in [-0.25, -0.2) is 9.97 Å². The third-order valence-electron chi connectivity index (χ3n) is 2.32. The number of nitrogen functional groups attached to an aromatic ring is 1. The molecule has 0 bridgehead atoms. The van der Waals surface area contributed by atoms with Gasteiger partial charge in [-0.05, 0) is 0 Å². The number of nitrogens with zero attached hydrogens (tertiary/aromatic N) is 4. The molecule has 2 aromatic rings. The van der Waals surface area contributed by atoms with E-state index in [9.17, 15) is 4.79 Å². The number of carbonyl (C=O) groups is 1. The molecule has 3 N–H and O–H groups in total. The lowest BCUT2D eigenvalue weighted by Crippen LogP contribution is -2.25. The van der Waals surface area contributed by atoms with Crippen molar-refractivity contribution in [2.75, 3.05) is 5.73 Å². The van der Waals surface area contributed by atoms with Gasteiger partial charge in [-0.3, -0.25) is 4.79 Å². The van der Waals surface area contributed by atoms with E-state index in [2.05, 4.69) is 25.5 Å². The minimum atomic E-state index is -0.369. The summed E-state index contributed by atoms with van der Waals surface area (Å²) >= 11 is 1.48. The van der Waals surface area contributed by atoms with Gasteiger partial charge in [0.2, 0.25) is 0 Å². The van der Waals surface area contributed by atoms with Crippen molar-refractivity contribution in [3.8, 4) is 0 Å². The van der Waals surface area contributed by atoms with Crippen LogP contribution in [0.1, 0.15) is 40.3 Å². The Balaban J connectivity index is 1.98. The van der Waals surface area contributed by atoms with Gasteiger partial charge in [0.25, 0.3) is 5.91 Å². The maximum absolute atomic E-state index is 11.8. The van der Waals surface area contributed by atoms with Crippen LogP contribution in [0.2, 0.25) is 0 Å². The number of rotatable bonds is 4. The Morgan fingerprint density at radius 2 is 2.11 bits per heavy atom. The fourth-order valence-corrected chi connectivity index (χ4v) is 2.12. The van der Waals surface area contributed by atoms with E-state index in [-0.39, 0.29) is 17.4 Å². The molecule has 0 aliphatic carbocycles. The second-order valence-corrected chi connectivity index (χ2v) is 5.26. The maximum atomic E-state index is 11.8. The molecule has 2 rings (SSSR count). The second-order valence-electron chi connectivity index (χ2n) is 4.16. The van der Waals surface area contributed by atoms with E-state index in [4.69, 9.17) is 5.73 Å². The second kappa shape index (κ2) is 5.70. The van der Waals surface area contributed by atoms with Gasteiger partial charge in [0.1, 0.15) is 10.0 Å². The number of aromatic nitrogens is 4. The van der Waals surface area contributed by atoms with Crippen molar-refractivity contribution in [3.05, 3.63) is 28.1 Å². The summed E-state index contributed by atoms with van der Waals surface area (Å²) in [5.74, 6) is 0.0737. The molecule has 7 nitrogen and oxygen atoms in total. The highest BCUT2D eigenvalue weighted by molar-refractivity contribution is 7.11. The van der Waals surface area contributed by atoms with Crippen molar-refractivity contribution in [2.45, 2.75) is 26.3 Å². The van der Waals surface area contributed by atoms with Crippen LogP contribution >= 0.6 is 11.3 Å². The number of amides is 1. The summed E-state index contributed by atoms with van der Waals surface area (Å²) in [5.41, 5.74) is 5.70. The number of nitrogens with two attached hydrogens (primary N) is 1. The standard InChI is InChI=1S/C11H14N6OS/c1-6(2)11-17-16-7(19-11)5-15-10(18)8-9(12)14-4-3-13-8/h3-4,6H,5H2,1-2H3,(H2,12,14)(H,15,18). The van der Waals surface area contributed by atoms with Crippen LogP contribution in [0.5, 0.6) is 0 Å². The lowest BCUT2D eigenvalue weighted by atomic mass is 10.2. The summed E-state index contributed by atoms with van der Waals surface area (Å²) in [6, 6.07) is 0. The van der Waals surface area contributed by atoms with Crippen molar-refractivity contribution in [3.63, 3.8) is 0 Å². The van der Waals surface area contributed by atoms with Crippen molar-refractivity contribution in [1.82, 2.24) is 25.5 Å². The number of hydrogen-bond acceptors (Lipinski definition) is 7. The normalized spacial score (nSPS) is 10.7. The van der Waals surface area contributed by atoms with Gasteiger partial charge in [0.15, 0.2) is 11.5 Å². The third-order valence-corrected chi connectivity index (χ3v) is 3.54. The average molecular weight is 278 g/mol. The zero-order chi connectivity index (χ0) is 13.8. The molecule has 1 amide bonds. The Labute approximate surface area is 114 Å². The summed E-state index contributed by atoms with van der Waals surface area (Å²) in [7, 11) is 0. The summed E-state index contributed by atoms with van der Waals surface area (Å²) in [6.07, 6.45) is 2.86. The van der Waals surface area contributed by atoms with Crippen LogP contribution in [-0.2, 0) is 6.54 Å². The van der Waals surface area contributed by atoms with Gasteiger partial charge < -0.3 is 11.1 Å². The molecular weight excluding hydrogens is 264 g/mol. The lowest BCUT2D eigenvalue weighted by Gasteiger charge is -2.03. The van der Waals surface area contributed by atoms with Gasteiger partial charge in [-0.1, -0.05) is 25.2 Å². The van der Waals surface area contributed by atoms with E-state index >= 15 is 0 Å². The van der Waals surface area contributed by atoms with Crippen molar-refractivity contribution >= 4 is 23.1 Å². The number of anilines is 1. The highest BCUT2D eigenvalue weighted by Gasteiger charge is 2.13. The Bertz CT molecular complexity index is 582. The Morgan fingerprint density at radius 3 is 2.74 bits per heavy atom. The molecule has 0 aliphatic heterocycles. The van der Waals surface area contributed by atoms with Crippen LogP contribution in [0.4, 0.5) is 5.82 Å². The Hall–Kier alpha value is -2.09. The molecule has 8 heteroatoms. The van der Waals surface area contributed by atoms with Crippen LogP contribution in [0.3, 0.4) is 0 Å². The van der Waals surface area contributed by atoms with E-state index in [1.165, 1.54) is 23.7 Å². The van der Waals surface area contributed by atoms with Crippen LogP contribution in [-0.4, -0.2) is 26.1 Å². The SMILES string of the molecule is CC(C)c1nnc(CNC(=O)c2nccnc2N)s1. The minimum absolute atomic E-state index is 0.111. The van der Waals surface area contributed by atoms with Gasteiger partial charge in [0, 0.05) is 18.3 Å². The fourth-order valence-electron chi connectivity index (χ4n) is 1.33. The Kier molecular flexibility index (Phi) is 4.00. The molecule has 19 heavy (non-hydrogen) atoms. The Morgan fingerprint density at radius 1 is 1.37 bits per heavy atom. The van der Waals surface area contributed by atoms with Crippen LogP contribution < -0.4 is 11.1 Å². The molecule has 0 saturated carbocycles. The summed E-state index contributed by atoms with van der Waals surface area (Å²) < 4.78 is 0. The molecule has 2 heterocycles. The van der Waals surface area contributed by atoms with Crippen molar-refractivity contribution < 1.29 is 4.79 Å². The first-order valence-corrected chi connectivity index (χ1v) is 6.56. The summed E-state index contributed by atoms with van der Waals surface area (Å²) in [4.78, 5) is 19.5. The first kappa shape index (κ1) is 13.3. The van der Waals surface area contributed by atoms with E-state index < -0.39 is 0 Å². The molecule has 0 atom stereocenters. The van der Waals surface area contributed by atoms with Gasteiger partial charge in [0.05, 0.1) is 6.54 Å². The van der Waals surface area contributed by atoms with Crippen LogP contribution in [0.25, 0.3) is 0 Å². The monoisotopic (exact) mass is 278 g/mol. The van der Waals surface area contributed by atoms with Gasteiger partial charge >= 0.3 is 0 Å². The molecule has 0 saturated heterocycles. The lowest BCUT2D eigenvalue weighted by molar-refractivity contribution is 0.0946. The number of nitrogens with one attached hydrogen (secondary N) is 1. The third kappa shape index (κ3) is 3.22. The van der Waals surface area contributed by atoms with E-state index in [0.29, 0.717) is 12.5 Å². The van der Waals surface area contributed by atoms with Crippen LogP contribution in [0, 0.1) is 0 Å². The van der Waals surface area contributed by atoms with E-state index in [1.54, 1.807) is 0 Å². The first-order chi connectivity index (χ1) is 9.08. The maximum Gasteiger partial charge on any atom is 0.274 e. The van der Waals surface area contributed by atoms with Crippen LogP contribution in [0.15, 0.2) is 12.4 Å². The molecule has 0 unspecified atom stereocenters. The predicted molar refractivity (Wildman–Crippen MR) is 71.6 cm³/mol. The van der Waals surface area contributed by atoms with Crippen molar-refractivity contribution in [2.24, 2.45) is 0 Å². The zero-order valence-electron chi connectivity index (χ0n) is 10.6. The molecule has 0 fully saturated rings. The fraction of sp³-hybridized carbons (Fsp3) is 0.364. The van der Waals surface area contributed by atoms with Gasteiger partial charge in [-0.15, -0.1) is 10.2 Å². The molecule has 0 spiro atoms. The average Bonchev–Trinajstić information content (AvgIpc) is 2.85. The molecule has 0 aromatic carbocycles. The molecular formula is C11H14N6OS. The number of hydrogen-bond donors (Lipinski definition) is 2. The zero-order valence-corrected chi connectivity index (χ0v) is 11.4. The van der Waals surface area contributed by atoms with Crippen molar-refractivity contribution in [1.29, 1.82) is 0 Å². The molecule has 0 radical (unpaired) electrons. The first-order valence-electron chi connectivity index (χ1n) is 5.75. The molecule has 2 aromatic heterocycles. The van der Waals surface area contributed by atoms with Gasteiger partial charge in [-0.2, -0.15) is 0 Å². The number of carbonyl (C=O) groups excluding carboxylic acids is 1. The summed E-state index contributed by atoms with van der Waals surface area (Å²) in [5, 5.41) is 12.5. The minimum Gasteiger partial charge on any atom is -0.382 e. The topological polar surface area (TPSA) is 107 Å². The smallest absolute Gasteiger partial charge is 0.274 e. The van der Waals surface area contributed by atoms with E-state index in [0.717, 1.165) is 10.0 Å². The molecule has 0 aliphatic rings. The quantitative estimate of drug-likeness (QED) is 0.862. The molecule has 100 valence electrons. The highest BCUT2D eigenvalue weighted by atomic mass is 32.1. The predicted octanol–water partition coefficient (Wildman–Crippen LogP) is 0.964. The van der Waals surface area contributed by atoms with E-state index in [1.807, 2.05) is 13.8 Å².